The van der Waals surface area contributed by atoms with Gasteiger partial charge in [0.15, 0.2) is 0 Å². The smallest absolute Gasteiger partial charge is 0.225 e. The summed E-state index contributed by atoms with van der Waals surface area (Å²) in [5.41, 5.74) is 0. The van der Waals surface area contributed by atoms with Crippen LogP contribution in [0.2, 0.25) is 0 Å². The molecule has 0 saturated carbocycles. The SMILES string of the molecule is O=C(NCCc1cccs1)[C@H]1CC(=O)N(Cc2ccco2)C1. The van der Waals surface area contributed by atoms with Crippen LogP contribution in [0.3, 0.4) is 0 Å². The van der Waals surface area contributed by atoms with Crippen LogP contribution in [0.1, 0.15) is 17.1 Å². The highest BCUT2D eigenvalue weighted by molar-refractivity contribution is 7.09. The van der Waals surface area contributed by atoms with Crippen molar-refractivity contribution in [2.75, 3.05) is 13.1 Å². The van der Waals surface area contributed by atoms with Crippen LogP contribution in [0.25, 0.3) is 0 Å². The predicted molar refractivity (Wildman–Crippen MR) is 83.3 cm³/mol. The molecule has 6 heteroatoms. The van der Waals surface area contributed by atoms with Crippen molar-refractivity contribution in [1.29, 1.82) is 0 Å². The molecule has 2 aromatic heterocycles. The monoisotopic (exact) mass is 318 g/mol. The van der Waals surface area contributed by atoms with E-state index in [1.165, 1.54) is 4.88 Å². The first-order valence-corrected chi connectivity index (χ1v) is 8.20. The van der Waals surface area contributed by atoms with Gasteiger partial charge in [-0.25, -0.2) is 0 Å². The molecule has 1 aliphatic rings. The molecule has 2 aromatic rings. The molecule has 0 aliphatic carbocycles. The standard InChI is InChI=1S/C16H18N2O3S/c19-15-9-12(10-18(15)11-13-3-1-7-21-13)16(20)17-6-5-14-4-2-8-22-14/h1-4,7-8,12H,5-6,9-11H2,(H,17,20)/t12-/m0/s1. The summed E-state index contributed by atoms with van der Waals surface area (Å²) in [7, 11) is 0. The molecular weight excluding hydrogens is 300 g/mol. The molecule has 116 valence electrons. The zero-order valence-corrected chi connectivity index (χ0v) is 13.0. The molecule has 1 aliphatic heterocycles. The fourth-order valence-corrected chi connectivity index (χ4v) is 3.31. The third kappa shape index (κ3) is 3.57. The molecule has 22 heavy (non-hydrogen) atoms. The topological polar surface area (TPSA) is 62.6 Å². The van der Waals surface area contributed by atoms with Gasteiger partial charge in [0.05, 0.1) is 18.7 Å². The number of rotatable bonds is 6. The maximum absolute atomic E-state index is 12.2. The lowest BCUT2D eigenvalue weighted by Gasteiger charge is -2.15. The Morgan fingerprint density at radius 3 is 3.05 bits per heavy atom. The number of furan rings is 1. The first-order chi connectivity index (χ1) is 10.7. The number of nitrogens with one attached hydrogen (secondary N) is 1. The molecule has 0 spiro atoms. The average Bonchev–Trinajstić information content (AvgIpc) is 3.23. The van der Waals surface area contributed by atoms with Gasteiger partial charge in [0.1, 0.15) is 5.76 Å². The normalized spacial score (nSPS) is 17.9. The number of amides is 2. The van der Waals surface area contributed by atoms with E-state index in [1.54, 1.807) is 28.6 Å². The molecule has 2 amide bonds. The van der Waals surface area contributed by atoms with Crippen LogP contribution >= 0.6 is 11.3 Å². The van der Waals surface area contributed by atoms with Crippen molar-refractivity contribution in [1.82, 2.24) is 10.2 Å². The Morgan fingerprint density at radius 2 is 2.32 bits per heavy atom. The number of carbonyl (C=O) groups is 2. The van der Waals surface area contributed by atoms with Crippen LogP contribution in [-0.4, -0.2) is 29.8 Å². The van der Waals surface area contributed by atoms with Crippen molar-refractivity contribution in [3.63, 3.8) is 0 Å². The fraction of sp³-hybridized carbons (Fsp3) is 0.375. The molecule has 5 nitrogen and oxygen atoms in total. The molecule has 3 heterocycles. The molecule has 3 rings (SSSR count). The maximum Gasteiger partial charge on any atom is 0.225 e. The Hall–Kier alpha value is -2.08. The lowest BCUT2D eigenvalue weighted by molar-refractivity contribution is -0.129. The van der Waals surface area contributed by atoms with Crippen molar-refractivity contribution < 1.29 is 14.0 Å². The van der Waals surface area contributed by atoms with Crippen molar-refractivity contribution in [2.24, 2.45) is 5.92 Å². The Labute approximate surface area is 132 Å². The van der Waals surface area contributed by atoms with Crippen LogP contribution in [0.15, 0.2) is 40.3 Å². The molecule has 0 bridgehead atoms. The Balaban J connectivity index is 1.46. The Morgan fingerprint density at radius 1 is 1.41 bits per heavy atom. The molecule has 1 saturated heterocycles. The van der Waals surface area contributed by atoms with Crippen LogP contribution in [0.4, 0.5) is 0 Å². The van der Waals surface area contributed by atoms with Gasteiger partial charge in [-0.15, -0.1) is 11.3 Å². The van der Waals surface area contributed by atoms with Gasteiger partial charge in [0.2, 0.25) is 11.8 Å². The number of hydrogen-bond acceptors (Lipinski definition) is 4. The Bertz CT molecular complexity index is 622. The van der Waals surface area contributed by atoms with Crippen molar-refractivity contribution >= 4 is 23.2 Å². The molecule has 0 aromatic carbocycles. The molecule has 0 unspecified atom stereocenters. The molecule has 1 N–H and O–H groups in total. The quantitative estimate of drug-likeness (QED) is 0.886. The van der Waals surface area contributed by atoms with Gasteiger partial charge in [0.25, 0.3) is 0 Å². The average molecular weight is 318 g/mol. The van der Waals surface area contributed by atoms with Crippen LogP contribution < -0.4 is 5.32 Å². The second-order valence-corrected chi connectivity index (χ2v) is 6.41. The number of nitrogens with zero attached hydrogens (tertiary/aromatic N) is 1. The van der Waals surface area contributed by atoms with E-state index in [2.05, 4.69) is 11.4 Å². The zero-order chi connectivity index (χ0) is 15.4. The van der Waals surface area contributed by atoms with E-state index in [9.17, 15) is 9.59 Å². The molecule has 1 fully saturated rings. The lowest BCUT2D eigenvalue weighted by Crippen LogP contribution is -2.33. The summed E-state index contributed by atoms with van der Waals surface area (Å²) in [6, 6.07) is 7.69. The minimum Gasteiger partial charge on any atom is -0.467 e. The van der Waals surface area contributed by atoms with Crippen LogP contribution in [-0.2, 0) is 22.6 Å². The number of carbonyl (C=O) groups excluding carboxylic acids is 2. The predicted octanol–water partition coefficient (Wildman–Crippen LogP) is 2.05. The number of thiophene rings is 1. The minimum absolute atomic E-state index is 0.00908. The van der Waals surface area contributed by atoms with Gasteiger partial charge in [-0.05, 0) is 30.0 Å². The van der Waals surface area contributed by atoms with E-state index >= 15 is 0 Å². The first kappa shape index (κ1) is 14.8. The summed E-state index contributed by atoms with van der Waals surface area (Å²) < 4.78 is 5.25. The number of likely N-dealkylation sites (tertiary alicyclic amines) is 1. The van der Waals surface area contributed by atoms with Gasteiger partial charge in [-0.1, -0.05) is 6.07 Å². The second-order valence-electron chi connectivity index (χ2n) is 5.38. The molecule has 1 atom stereocenters. The van der Waals surface area contributed by atoms with Gasteiger partial charge in [0, 0.05) is 24.4 Å². The summed E-state index contributed by atoms with van der Waals surface area (Å²) in [6.45, 7) is 1.51. The fourth-order valence-electron chi connectivity index (χ4n) is 2.60. The van der Waals surface area contributed by atoms with Gasteiger partial charge in [-0.2, -0.15) is 0 Å². The minimum atomic E-state index is -0.259. The number of hydrogen-bond donors (Lipinski definition) is 1. The molecule has 0 radical (unpaired) electrons. The largest absolute Gasteiger partial charge is 0.467 e. The van der Waals surface area contributed by atoms with Gasteiger partial charge >= 0.3 is 0 Å². The summed E-state index contributed by atoms with van der Waals surface area (Å²) in [5, 5.41) is 4.96. The van der Waals surface area contributed by atoms with Crippen molar-refractivity contribution in [2.45, 2.75) is 19.4 Å². The van der Waals surface area contributed by atoms with Crippen molar-refractivity contribution in [3.8, 4) is 0 Å². The van der Waals surface area contributed by atoms with Gasteiger partial charge < -0.3 is 14.6 Å². The maximum atomic E-state index is 12.2. The summed E-state index contributed by atoms with van der Waals surface area (Å²) >= 11 is 1.69. The van der Waals surface area contributed by atoms with E-state index in [-0.39, 0.29) is 24.2 Å². The summed E-state index contributed by atoms with van der Waals surface area (Å²) in [6.07, 6.45) is 2.70. The first-order valence-electron chi connectivity index (χ1n) is 7.32. The van der Waals surface area contributed by atoms with Crippen LogP contribution in [0, 0.1) is 5.92 Å². The zero-order valence-electron chi connectivity index (χ0n) is 12.2. The van der Waals surface area contributed by atoms with Crippen LogP contribution in [0.5, 0.6) is 0 Å². The lowest BCUT2D eigenvalue weighted by atomic mass is 10.1. The highest BCUT2D eigenvalue weighted by Gasteiger charge is 2.34. The third-order valence-electron chi connectivity index (χ3n) is 3.76. The Kier molecular flexibility index (Phi) is 4.58. The van der Waals surface area contributed by atoms with Gasteiger partial charge in [-0.3, -0.25) is 9.59 Å². The van der Waals surface area contributed by atoms with E-state index in [4.69, 9.17) is 4.42 Å². The highest BCUT2D eigenvalue weighted by Crippen LogP contribution is 2.20. The molecular formula is C16H18N2O3S. The van der Waals surface area contributed by atoms with E-state index in [1.807, 2.05) is 17.5 Å². The highest BCUT2D eigenvalue weighted by atomic mass is 32.1. The summed E-state index contributed by atoms with van der Waals surface area (Å²) in [4.78, 5) is 27.1. The third-order valence-corrected chi connectivity index (χ3v) is 4.70. The second kappa shape index (κ2) is 6.79. The van der Waals surface area contributed by atoms with E-state index in [0.717, 1.165) is 12.2 Å². The van der Waals surface area contributed by atoms with E-state index < -0.39 is 0 Å². The van der Waals surface area contributed by atoms with Crippen molar-refractivity contribution in [3.05, 3.63) is 46.5 Å². The summed E-state index contributed by atoms with van der Waals surface area (Å²) in [5.74, 6) is 0.458. The van der Waals surface area contributed by atoms with E-state index in [0.29, 0.717) is 19.6 Å².